The molecule has 2 fully saturated rings. The van der Waals surface area contributed by atoms with E-state index in [-0.39, 0.29) is 25.6 Å². The molecule has 1 saturated carbocycles. The average Bonchev–Trinajstić information content (AvgIpc) is 2.66. The van der Waals surface area contributed by atoms with Crippen LogP contribution in [0, 0.1) is 11.7 Å². The molecule has 0 bridgehead atoms. The number of rotatable bonds is 4. The largest absolute Gasteiger partial charge is 0.439 e. The molecule has 1 aromatic rings. The lowest BCUT2D eigenvalue weighted by Crippen LogP contribution is -2.65. The predicted molar refractivity (Wildman–Crippen MR) is 102 cm³/mol. The van der Waals surface area contributed by atoms with Crippen LogP contribution in [0.2, 0.25) is 0 Å². The summed E-state index contributed by atoms with van der Waals surface area (Å²) in [6.07, 6.45) is -3.63. The molecule has 174 valence electrons. The van der Waals surface area contributed by atoms with Gasteiger partial charge in [0.05, 0.1) is 12.5 Å². The van der Waals surface area contributed by atoms with Crippen LogP contribution in [-0.4, -0.2) is 69.3 Å². The summed E-state index contributed by atoms with van der Waals surface area (Å²) < 4.78 is 95.2. The number of ether oxygens (including phenoxy) is 1. The number of nitrogens with zero attached hydrogens (tertiary/aromatic N) is 2. The number of anilines is 1. The smallest absolute Gasteiger partial charge is 0.410 e. The van der Waals surface area contributed by atoms with Crippen molar-refractivity contribution in [1.82, 2.24) is 4.90 Å². The van der Waals surface area contributed by atoms with Crippen LogP contribution in [-0.2, 0) is 14.6 Å². The Bertz CT molecular complexity index is 970. The van der Waals surface area contributed by atoms with Gasteiger partial charge in [-0.3, -0.25) is 0 Å². The molecular formula is C19H23F5N2O4S. The summed E-state index contributed by atoms with van der Waals surface area (Å²) in [6.45, 7) is 3.98. The van der Waals surface area contributed by atoms with Crippen LogP contribution in [0.3, 0.4) is 0 Å². The first kappa shape index (κ1) is 23.6. The van der Waals surface area contributed by atoms with Gasteiger partial charge in [-0.15, -0.1) is 0 Å². The number of benzene rings is 1. The quantitative estimate of drug-likeness (QED) is 0.630. The van der Waals surface area contributed by atoms with Crippen LogP contribution in [0.4, 0.5) is 32.4 Å². The van der Waals surface area contributed by atoms with Gasteiger partial charge in [-0.05, 0) is 24.1 Å². The van der Waals surface area contributed by atoms with Gasteiger partial charge in [0.25, 0.3) is 0 Å². The van der Waals surface area contributed by atoms with Crippen molar-refractivity contribution >= 4 is 21.6 Å². The van der Waals surface area contributed by atoms with E-state index in [1.165, 1.54) is 17.0 Å². The number of alkyl halides is 4. The van der Waals surface area contributed by atoms with Crippen molar-refractivity contribution in [3.8, 4) is 0 Å². The highest BCUT2D eigenvalue weighted by atomic mass is 32.2. The maximum Gasteiger partial charge on any atom is 0.410 e. The van der Waals surface area contributed by atoms with Crippen molar-refractivity contribution in [2.45, 2.75) is 49.2 Å². The van der Waals surface area contributed by atoms with E-state index in [2.05, 4.69) is 4.74 Å². The summed E-state index contributed by atoms with van der Waals surface area (Å²) in [5, 5.41) is 0. The zero-order valence-corrected chi connectivity index (χ0v) is 17.9. The molecular weight excluding hydrogens is 447 g/mol. The second-order valence-corrected chi connectivity index (χ2v) is 10.2. The Labute approximate surface area is 176 Å². The molecule has 1 amide bonds. The maximum absolute atomic E-state index is 13.9. The minimum atomic E-state index is -4.41. The first-order valence-electron chi connectivity index (χ1n) is 9.62. The fourth-order valence-electron chi connectivity index (χ4n) is 3.72. The molecule has 31 heavy (non-hydrogen) atoms. The second-order valence-electron chi connectivity index (χ2n) is 8.24. The van der Waals surface area contributed by atoms with Gasteiger partial charge in [0.15, 0.2) is 15.9 Å². The van der Waals surface area contributed by atoms with E-state index in [1.54, 1.807) is 18.7 Å². The Kier molecular flexibility index (Phi) is 5.92. The zero-order valence-electron chi connectivity index (χ0n) is 17.1. The molecule has 2 aliphatic rings. The maximum atomic E-state index is 13.9. The van der Waals surface area contributed by atoms with E-state index in [0.29, 0.717) is 5.69 Å². The van der Waals surface area contributed by atoms with Gasteiger partial charge in [0.1, 0.15) is 10.7 Å². The number of halogens is 5. The van der Waals surface area contributed by atoms with Crippen molar-refractivity contribution in [2.24, 2.45) is 5.92 Å². The summed E-state index contributed by atoms with van der Waals surface area (Å²) in [5.74, 6) is -9.65. The first-order chi connectivity index (χ1) is 14.1. The van der Waals surface area contributed by atoms with Gasteiger partial charge in [-0.1, -0.05) is 13.8 Å². The van der Waals surface area contributed by atoms with Crippen LogP contribution >= 0.6 is 0 Å². The summed E-state index contributed by atoms with van der Waals surface area (Å²) in [4.78, 5) is 15.0. The second kappa shape index (κ2) is 7.79. The number of hydrogen-bond donors (Lipinski definition) is 0. The lowest BCUT2D eigenvalue weighted by Gasteiger charge is -2.46. The van der Waals surface area contributed by atoms with Gasteiger partial charge in [-0.25, -0.2) is 17.6 Å². The Hall–Kier alpha value is -2.11. The molecule has 0 spiro atoms. The number of piperazine rings is 1. The van der Waals surface area contributed by atoms with E-state index in [0.717, 1.165) is 12.3 Å². The Morgan fingerprint density at radius 2 is 1.84 bits per heavy atom. The van der Waals surface area contributed by atoms with Gasteiger partial charge in [0.2, 0.25) is 0 Å². The zero-order chi connectivity index (χ0) is 23.4. The number of hydrogen-bond acceptors (Lipinski definition) is 5. The SMILES string of the molecule is CC(C)C1CN(c2ccc(F)c(S(C)(=O)=O)c2)CCN1C(=O)OC1CC(F)(F)C1(F)F. The highest BCUT2D eigenvalue weighted by Gasteiger charge is 2.74. The van der Waals surface area contributed by atoms with Crippen molar-refractivity contribution in [3.05, 3.63) is 24.0 Å². The number of carbonyl (C=O) groups is 1. The molecule has 1 aliphatic heterocycles. The Morgan fingerprint density at radius 3 is 2.35 bits per heavy atom. The third-order valence-electron chi connectivity index (χ3n) is 5.68. The lowest BCUT2D eigenvalue weighted by atomic mass is 9.85. The van der Waals surface area contributed by atoms with Crippen molar-refractivity contribution < 1.29 is 39.9 Å². The highest BCUT2D eigenvalue weighted by molar-refractivity contribution is 7.90. The van der Waals surface area contributed by atoms with Crippen LogP contribution in [0.5, 0.6) is 0 Å². The fraction of sp³-hybridized carbons (Fsp3) is 0.632. The molecule has 2 atom stereocenters. The van der Waals surface area contributed by atoms with Crippen LogP contribution in [0.25, 0.3) is 0 Å². The summed E-state index contributed by atoms with van der Waals surface area (Å²) in [7, 11) is -3.80. The van der Waals surface area contributed by atoms with Crippen LogP contribution in [0.15, 0.2) is 23.1 Å². The molecule has 1 heterocycles. The minimum Gasteiger partial charge on any atom is -0.439 e. The first-order valence-corrected chi connectivity index (χ1v) is 11.5. The van der Waals surface area contributed by atoms with Gasteiger partial charge >= 0.3 is 17.9 Å². The fourth-order valence-corrected chi connectivity index (χ4v) is 4.48. The highest BCUT2D eigenvalue weighted by Crippen LogP contribution is 2.52. The molecule has 1 aliphatic carbocycles. The lowest BCUT2D eigenvalue weighted by molar-refractivity contribution is -0.330. The molecule has 0 N–H and O–H groups in total. The average molecular weight is 470 g/mol. The standard InChI is InChI=1S/C19H23F5N2O4S/c1-11(2)14-10-25(12-4-5-13(20)15(8-12)31(3,28)29)6-7-26(14)17(27)30-16-9-18(21,22)19(16,23)24/h4-5,8,11,14,16H,6-7,9-10H2,1-3H3. The normalized spacial score (nSPS) is 25.3. The number of sulfone groups is 1. The van der Waals surface area contributed by atoms with Crippen LogP contribution in [0.1, 0.15) is 20.3 Å². The van der Waals surface area contributed by atoms with Crippen LogP contribution < -0.4 is 4.90 Å². The molecule has 1 saturated heterocycles. The molecule has 1 aromatic carbocycles. The molecule has 3 rings (SSSR count). The minimum absolute atomic E-state index is 0.0297. The summed E-state index contributed by atoms with van der Waals surface area (Å²) in [5.41, 5.74) is 0.422. The predicted octanol–water partition coefficient (Wildman–Crippen LogP) is 3.56. The molecule has 12 heteroatoms. The van der Waals surface area contributed by atoms with Gasteiger partial charge in [-0.2, -0.15) is 17.6 Å². The molecule has 6 nitrogen and oxygen atoms in total. The molecule has 0 aromatic heterocycles. The van der Waals surface area contributed by atoms with E-state index in [1.807, 2.05) is 0 Å². The Balaban J connectivity index is 1.75. The number of carbonyl (C=O) groups excluding carboxylic acids is 1. The third kappa shape index (κ3) is 4.31. The van der Waals surface area contributed by atoms with Gasteiger partial charge < -0.3 is 14.5 Å². The summed E-state index contributed by atoms with van der Waals surface area (Å²) >= 11 is 0. The van der Waals surface area contributed by atoms with E-state index in [9.17, 15) is 35.2 Å². The summed E-state index contributed by atoms with van der Waals surface area (Å²) in [6, 6.07) is 3.12. The van der Waals surface area contributed by atoms with E-state index in [4.69, 9.17) is 0 Å². The topological polar surface area (TPSA) is 66.9 Å². The molecule has 0 radical (unpaired) electrons. The van der Waals surface area contributed by atoms with Crippen molar-refractivity contribution in [3.63, 3.8) is 0 Å². The third-order valence-corrected chi connectivity index (χ3v) is 6.79. The van der Waals surface area contributed by atoms with Crippen molar-refractivity contribution in [1.29, 1.82) is 0 Å². The monoisotopic (exact) mass is 470 g/mol. The Morgan fingerprint density at radius 1 is 1.19 bits per heavy atom. The number of amides is 1. The van der Waals surface area contributed by atoms with E-state index >= 15 is 0 Å². The van der Waals surface area contributed by atoms with E-state index < -0.39 is 57.1 Å². The van der Waals surface area contributed by atoms with Crippen molar-refractivity contribution in [2.75, 3.05) is 30.8 Å². The molecule has 2 unspecified atom stereocenters. The van der Waals surface area contributed by atoms with Gasteiger partial charge in [0, 0.05) is 31.6 Å².